The molecule has 0 aromatic heterocycles. The smallest absolute Gasteiger partial charge is 0.252 e. The van der Waals surface area contributed by atoms with Crippen LogP contribution in [0.1, 0.15) is 31.1 Å². The monoisotopic (exact) mass is 349 g/mol. The van der Waals surface area contributed by atoms with E-state index in [1.807, 2.05) is 0 Å². The van der Waals surface area contributed by atoms with Gasteiger partial charge in [-0.2, -0.15) is 11.8 Å². The first-order chi connectivity index (χ1) is 9.50. The third-order valence-corrected chi connectivity index (χ3v) is 5.23. The standard InChI is InChI=1S/C14H20ClNO3S2/c1-14(2,3)20-8-7-16-13(17)11-6-5-10(9-12(11)15)21(4,18)19/h5-6,9H,7-8H2,1-4H3,(H,16,17). The van der Waals surface area contributed by atoms with Crippen molar-refractivity contribution in [1.82, 2.24) is 5.32 Å². The van der Waals surface area contributed by atoms with E-state index >= 15 is 0 Å². The molecule has 0 radical (unpaired) electrons. The number of hydrogen-bond acceptors (Lipinski definition) is 4. The lowest BCUT2D eigenvalue weighted by Gasteiger charge is -2.17. The molecule has 1 aromatic carbocycles. The van der Waals surface area contributed by atoms with Crippen molar-refractivity contribution >= 4 is 39.1 Å². The molecule has 118 valence electrons. The number of sulfone groups is 1. The summed E-state index contributed by atoms with van der Waals surface area (Å²) in [4.78, 5) is 12.1. The molecule has 0 aliphatic rings. The largest absolute Gasteiger partial charge is 0.351 e. The average Bonchev–Trinajstić information content (AvgIpc) is 2.32. The molecule has 1 amide bonds. The van der Waals surface area contributed by atoms with E-state index in [1.54, 1.807) is 11.8 Å². The summed E-state index contributed by atoms with van der Waals surface area (Å²) in [6.07, 6.45) is 1.10. The Labute approximate surface area is 135 Å². The van der Waals surface area contributed by atoms with Crippen molar-refractivity contribution in [1.29, 1.82) is 0 Å². The van der Waals surface area contributed by atoms with Gasteiger partial charge in [-0.3, -0.25) is 4.79 Å². The molecule has 7 heteroatoms. The lowest BCUT2D eigenvalue weighted by atomic mass is 10.2. The molecule has 0 saturated carbocycles. The number of halogens is 1. The molecule has 0 heterocycles. The van der Waals surface area contributed by atoms with Crippen LogP contribution in [0.5, 0.6) is 0 Å². The number of amides is 1. The summed E-state index contributed by atoms with van der Waals surface area (Å²) < 4.78 is 23.0. The quantitative estimate of drug-likeness (QED) is 0.830. The first-order valence-corrected chi connectivity index (χ1v) is 9.68. The van der Waals surface area contributed by atoms with Crippen LogP contribution in [-0.4, -0.2) is 37.6 Å². The van der Waals surface area contributed by atoms with Crippen molar-refractivity contribution in [2.24, 2.45) is 0 Å². The molecule has 0 aliphatic heterocycles. The first-order valence-electron chi connectivity index (χ1n) is 6.42. The van der Waals surface area contributed by atoms with Crippen molar-refractivity contribution in [3.63, 3.8) is 0 Å². The Morgan fingerprint density at radius 1 is 1.33 bits per heavy atom. The van der Waals surface area contributed by atoms with Crippen molar-refractivity contribution in [2.45, 2.75) is 30.4 Å². The van der Waals surface area contributed by atoms with Gasteiger partial charge in [-0.15, -0.1) is 0 Å². The molecule has 0 bridgehead atoms. The summed E-state index contributed by atoms with van der Waals surface area (Å²) in [5, 5.41) is 2.91. The fourth-order valence-corrected chi connectivity index (χ4v) is 3.32. The van der Waals surface area contributed by atoms with E-state index in [0.717, 1.165) is 12.0 Å². The highest BCUT2D eigenvalue weighted by molar-refractivity contribution is 8.00. The highest BCUT2D eigenvalue weighted by Gasteiger charge is 2.15. The minimum atomic E-state index is -3.32. The highest BCUT2D eigenvalue weighted by Crippen LogP contribution is 2.23. The van der Waals surface area contributed by atoms with Gasteiger partial charge in [0, 0.05) is 23.3 Å². The third kappa shape index (κ3) is 6.28. The molecule has 0 saturated heterocycles. The van der Waals surface area contributed by atoms with Gasteiger partial charge in [-0.1, -0.05) is 32.4 Å². The third-order valence-electron chi connectivity index (χ3n) is 2.54. The summed E-state index contributed by atoms with van der Waals surface area (Å²) in [6.45, 7) is 6.87. The van der Waals surface area contributed by atoms with Gasteiger partial charge in [0.15, 0.2) is 9.84 Å². The zero-order chi connectivity index (χ0) is 16.3. The van der Waals surface area contributed by atoms with Gasteiger partial charge in [0.05, 0.1) is 15.5 Å². The van der Waals surface area contributed by atoms with Crippen LogP contribution in [-0.2, 0) is 9.84 Å². The van der Waals surface area contributed by atoms with Crippen LogP contribution in [0.2, 0.25) is 5.02 Å². The van der Waals surface area contributed by atoms with Crippen LogP contribution in [0.3, 0.4) is 0 Å². The highest BCUT2D eigenvalue weighted by atomic mass is 35.5. The Bertz CT molecular complexity index is 622. The van der Waals surface area contributed by atoms with Crippen LogP contribution in [0.25, 0.3) is 0 Å². The maximum atomic E-state index is 12.0. The molecule has 1 N–H and O–H groups in total. The van der Waals surface area contributed by atoms with Gasteiger partial charge in [0.1, 0.15) is 0 Å². The van der Waals surface area contributed by atoms with Crippen LogP contribution in [0.4, 0.5) is 0 Å². The lowest BCUT2D eigenvalue weighted by molar-refractivity contribution is 0.0956. The van der Waals surface area contributed by atoms with Gasteiger partial charge in [0.25, 0.3) is 5.91 Å². The number of rotatable bonds is 5. The molecule has 0 fully saturated rings. The van der Waals surface area contributed by atoms with Crippen molar-refractivity contribution < 1.29 is 13.2 Å². The molecule has 4 nitrogen and oxygen atoms in total. The molecule has 0 unspecified atom stereocenters. The minimum absolute atomic E-state index is 0.104. The van der Waals surface area contributed by atoms with E-state index in [2.05, 4.69) is 26.1 Å². The fraction of sp³-hybridized carbons (Fsp3) is 0.500. The van der Waals surface area contributed by atoms with Gasteiger partial charge in [0.2, 0.25) is 0 Å². The van der Waals surface area contributed by atoms with E-state index in [-0.39, 0.29) is 26.1 Å². The van der Waals surface area contributed by atoms with Crippen LogP contribution >= 0.6 is 23.4 Å². The average molecular weight is 350 g/mol. The fourth-order valence-electron chi connectivity index (χ4n) is 1.53. The van der Waals surface area contributed by atoms with Crippen LogP contribution < -0.4 is 5.32 Å². The van der Waals surface area contributed by atoms with Crippen LogP contribution in [0, 0.1) is 0 Å². The Hall–Kier alpha value is -0.720. The zero-order valence-electron chi connectivity index (χ0n) is 12.6. The van der Waals surface area contributed by atoms with E-state index < -0.39 is 9.84 Å². The Kier molecular flexibility index (Phi) is 6.13. The van der Waals surface area contributed by atoms with Crippen molar-refractivity contribution in [2.75, 3.05) is 18.6 Å². The van der Waals surface area contributed by atoms with Gasteiger partial charge < -0.3 is 5.32 Å². The van der Waals surface area contributed by atoms with Gasteiger partial charge in [-0.05, 0) is 18.2 Å². The normalized spacial score (nSPS) is 12.2. The zero-order valence-corrected chi connectivity index (χ0v) is 15.0. The summed E-state index contributed by atoms with van der Waals surface area (Å²) in [7, 11) is -3.32. The minimum Gasteiger partial charge on any atom is -0.351 e. The molecule has 0 atom stereocenters. The maximum absolute atomic E-state index is 12.0. The van der Waals surface area contributed by atoms with Gasteiger partial charge in [-0.25, -0.2) is 8.42 Å². The summed E-state index contributed by atoms with van der Waals surface area (Å²) in [6, 6.07) is 4.13. The second kappa shape index (κ2) is 7.03. The molecule has 0 aliphatic carbocycles. The van der Waals surface area contributed by atoms with E-state index in [4.69, 9.17) is 11.6 Å². The molecule has 0 spiro atoms. The Morgan fingerprint density at radius 2 is 1.95 bits per heavy atom. The first kappa shape index (κ1) is 18.3. The van der Waals surface area contributed by atoms with Crippen LogP contribution in [0.15, 0.2) is 23.1 Å². The predicted molar refractivity (Wildman–Crippen MR) is 89.1 cm³/mol. The summed E-state index contributed by atoms with van der Waals surface area (Å²) >= 11 is 7.74. The van der Waals surface area contributed by atoms with E-state index in [1.165, 1.54) is 18.2 Å². The molecule has 21 heavy (non-hydrogen) atoms. The molecular weight excluding hydrogens is 330 g/mol. The molecule has 1 rings (SSSR count). The maximum Gasteiger partial charge on any atom is 0.252 e. The SMILES string of the molecule is CC(C)(C)SCCNC(=O)c1ccc(S(C)(=O)=O)cc1Cl. The second-order valence-corrected chi connectivity index (χ2v) is 9.98. The number of carbonyl (C=O) groups excluding carboxylic acids is 1. The number of thioether (sulfide) groups is 1. The number of nitrogens with one attached hydrogen (secondary N) is 1. The molecule has 1 aromatic rings. The second-order valence-electron chi connectivity index (χ2n) is 5.63. The predicted octanol–water partition coefficient (Wildman–Crippen LogP) is 3.01. The lowest BCUT2D eigenvalue weighted by Crippen LogP contribution is -2.27. The van der Waals surface area contributed by atoms with E-state index in [9.17, 15) is 13.2 Å². The number of carbonyl (C=O) groups is 1. The van der Waals surface area contributed by atoms with Gasteiger partial charge >= 0.3 is 0 Å². The summed E-state index contributed by atoms with van der Waals surface area (Å²) in [5.41, 5.74) is 0.282. The number of hydrogen-bond donors (Lipinski definition) is 1. The number of benzene rings is 1. The van der Waals surface area contributed by atoms with E-state index in [0.29, 0.717) is 6.54 Å². The molecular formula is C14H20ClNO3S2. The van der Waals surface area contributed by atoms with Crippen molar-refractivity contribution in [3.05, 3.63) is 28.8 Å². The topological polar surface area (TPSA) is 63.2 Å². The Balaban J connectivity index is 2.67. The Morgan fingerprint density at radius 3 is 2.43 bits per heavy atom. The van der Waals surface area contributed by atoms with Crippen molar-refractivity contribution in [3.8, 4) is 0 Å². The summed E-state index contributed by atoms with van der Waals surface area (Å²) in [5.74, 6) is 0.503.